The van der Waals surface area contributed by atoms with Gasteiger partial charge in [0.25, 0.3) is 11.8 Å². The lowest BCUT2D eigenvalue weighted by atomic mass is 9.98. The molecule has 0 fully saturated rings. The zero-order chi connectivity index (χ0) is 24.1. The van der Waals surface area contributed by atoms with Crippen LogP contribution in [0.1, 0.15) is 24.5 Å². The Morgan fingerprint density at radius 3 is 2.64 bits per heavy atom. The molecule has 7 nitrogen and oxygen atoms in total. The molecule has 11 heteroatoms. The Balaban J connectivity index is 1.41. The summed E-state index contributed by atoms with van der Waals surface area (Å²) in [5.41, 5.74) is 0.600. The summed E-state index contributed by atoms with van der Waals surface area (Å²) in [4.78, 5) is 24.3. The second-order valence-corrected chi connectivity index (χ2v) is 8.03. The Morgan fingerprint density at radius 1 is 1.18 bits per heavy atom. The Morgan fingerprint density at radius 2 is 1.91 bits per heavy atom. The predicted molar refractivity (Wildman–Crippen MR) is 117 cm³/mol. The number of aliphatic hydroxyl groups excluding tert-OH is 1. The monoisotopic (exact) mass is 500 g/mol. The van der Waals surface area contributed by atoms with Crippen molar-refractivity contribution < 1.29 is 33.0 Å². The Hall–Kier alpha value is -2.88. The van der Waals surface area contributed by atoms with Crippen molar-refractivity contribution in [3.8, 4) is 11.5 Å². The quantitative estimate of drug-likeness (QED) is 0.513. The molecule has 2 aromatic carbocycles. The van der Waals surface area contributed by atoms with Crippen molar-refractivity contribution in [2.24, 2.45) is 0 Å². The van der Waals surface area contributed by atoms with Gasteiger partial charge in [-0.25, -0.2) is 8.78 Å². The largest absolute Gasteiger partial charge is 0.484 e. The van der Waals surface area contributed by atoms with Gasteiger partial charge in [-0.1, -0.05) is 29.8 Å². The molecule has 0 bridgehead atoms. The maximum Gasteiger partial charge on any atom is 0.265 e. The number of aliphatic hydroxyl groups is 1. The highest BCUT2D eigenvalue weighted by molar-refractivity contribution is 6.31. The van der Waals surface area contributed by atoms with Gasteiger partial charge in [-0.15, -0.1) is 0 Å². The fourth-order valence-corrected chi connectivity index (χ4v) is 3.32. The van der Waals surface area contributed by atoms with Crippen molar-refractivity contribution in [1.82, 2.24) is 10.6 Å². The first-order valence-electron chi connectivity index (χ1n) is 9.81. The number of hydrogen-bond acceptors (Lipinski definition) is 5. The van der Waals surface area contributed by atoms with Gasteiger partial charge in [-0.3, -0.25) is 9.59 Å². The normalized spacial score (nSPS) is 16.9. The summed E-state index contributed by atoms with van der Waals surface area (Å²) in [6.07, 6.45) is -1.95. The first kappa shape index (κ1) is 24.8. The first-order chi connectivity index (χ1) is 15.6. The second kappa shape index (κ2) is 10.8. The summed E-state index contributed by atoms with van der Waals surface area (Å²) in [6, 6.07) is 6.10. The van der Waals surface area contributed by atoms with Crippen molar-refractivity contribution in [3.05, 3.63) is 69.9 Å². The van der Waals surface area contributed by atoms with Gasteiger partial charge in [0, 0.05) is 42.8 Å². The Bertz CT molecular complexity index is 1080. The number of fused-ring (bicyclic) bond motifs is 1. The van der Waals surface area contributed by atoms with Crippen molar-refractivity contribution >= 4 is 35.0 Å². The smallest absolute Gasteiger partial charge is 0.265 e. The van der Waals surface area contributed by atoms with Crippen molar-refractivity contribution in [1.29, 1.82) is 0 Å². The molecule has 0 spiro atoms. The van der Waals surface area contributed by atoms with E-state index >= 15 is 0 Å². The number of ether oxygens (including phenoxy) is 2. The van der Waals surface area contributed by atoms with Gasteiger partial charge in [0.1, 0.15) is 23.1 Å². The number of halogens is 4. The number of hydrogen-bond donors (Lipinski definition) is 3. The highest BCUT2D eigenvalue weighted by Crippen LogP contribution is 2.37. The van der Waals surface area contributed by atoms with Crippen LogP contribution in [0.2, 0.25) is 10.0 Å². The van der Waals surface area contributed by atoms with Crippen LogP contribution in [0.25, 0.3) is 0 Å². The number of nitrogens with one attached hydrogen (secondary N) is 2. The highest BCUT2D eigenvalue weighted by Gasteiger charge is 2.32. The van der Waals surface area contributed by atoms with Crippen LogP contribution in [0, 0.1) is 11.6 Å². The molecular formula is C22H20Cl2F2N2O5. The SMILES string of the molecule is C=C(CCNC(=O)COc1ccc(Cl)c(F)c1)NC(=O)[C@H]1C[C@@H](O)c2cc(Cl)c(F)cc2O1. The lowest BCUT2D eigenvalue weighted by molar-refractivity contribution is -0.129. The van der Waals surface area contributed by atoms with Crippen LogP contribution in [0.15, 0.2) is 42.6 Å². The van der Waals surface area contributed by atoms with Crippen molar-refractivity contribution in [2.75, 3.05) is 13.2 Å². The summed E-state index contributed by atoms with van der Waals surface area (Å²) in [5.74, 6) is -2.22. The molecule has 0 aromatic heterocycles. The molecular weight excluding hydrogens is 481 g/mol. The van der Waals surface area contributed by atoms with Crippen LogP contribution in [-0.2, 0) is 9.59 Å². The van der Waals surface area contributed by atoms with E-state index < -0.39 is 35.7 Å². The van der Waals surface area contributed by atoms with Crippen molar-refractivity contribution in [3.63, 3.8) is 0 Å². The fraction of sp³-hybridized carbons (Fsp3) is 0.273. The fourth-order valence-electron chi connectivity index (χ4n) is 3.03. The van der Waals surface area contributed by atoms with E-state index in [4.69, 9.17) is 32.7 Å². The second-order valence-electron chi connectivity index (χ2n) is 7.22. The van der Waals surface area contributed by atoms with Crippen LogP contribution in [-0.4, -0.2) is 36.2 Å². The van der Waals surface area contributed by atoms with E-state index in [0.717, 1.165) is 12.1 Å². The molecule has 2 amide bonds. The maximum absolute atomic E-state index is 13.7. The number of amides is 2. The van der Waals surface area contributed by atoms with E-state index in [1.165, 1.54) is 18.2 Å². The molecule has 0 saturated carbocycles. The minimum absolute atomic E-state index is 0.0363. The minimum Gasteiger partial charge on any atom is -0.484 e. The molecule has 2 aromatic rings. The lowest BCUT2D eigenvalue weighted by Crippen LogP contribution is -2.41. The minimum atomic E-state index is -1.06. The van der Waals surface area contributed by atoms with Gasteiger partial charge >= 0.3 is 0 Å². The van der Waals surface area contributed by atoms with Crippen molar-refractivity contribution in [2.45, 2.75) is 25.0 Å². The molecule has 0 aliphatic carbocycles. The molecule has 0 radical (unpaired) electrons. The number of benzene rings is 2. The number of carbonyl (C=O) groups is 2. The molecule has 33 heavy (non-hydrogen) atoms. The zero-order valence-corrected chi connectivity index (χ0v) is 18.7. The summed E-state index contributed by atoms with van der Waals surface area (Å²) in [6.45, 7) is 3.53. The summed E-state index contributed by atoms with van der Waals surface area (Å²) in [5, 5.41) is 15.2. The van der Waals surface area contributed by atoms with Crippen LogP contribution < -0.4 is 20.1 Å². The number of carbonyl (C=O) groups excluding carboxylic acids is 2. The average Bonchev–Trinajstić information content (AvgIpc) is 2.75. The third-order valence-corrected chi connectivity index (χ3v) is 5.32. The van der Waals surface area contributed by atoms with E-state index in [1.807, 2.05) is 0 Å². The molecule has 1 aliphatic rings. The summed E-state index contributed by atoms with van der Waals surface area (Å²) >= 11 is 11.3. The van der Waals surface area contributed by atoms with E-state index in [2.05, 4.69) is 17.2 Å². The zero-order valence-electron chi connectivity index (χ0n) is 17.2. The summed E-state index contributed by atoms with van der Waals surface area (Å²) < 4.78 is 37.7. The molecule has 2 atom stereocenters. The third kappa shape index (κ3) is 6.56. The predicted octanol–water partition coefficient (Wildman–Crippen LogP) is 3.67. The Kier molecular flexibility index (Phi) is 8.12. The molecule has 3 rings (SSSR count). The molecule has 0 saturated heterocycles. The molecule has 0 unspecified atom stereocenters. The van der Waals surface area contributed by atoms with E-state index in [0.29, 0.717) is 11.3 Å². The van der Waals surface area contributed by atoms with E-state index in [9.17, 15) is 23.5 Å². The van der Waals surface area contributed by atoms with E-state index in [-0.39, 0.29) is 47.5 Å². The standard InChI is InChI=1S/C22H20Cl2F2N2O5/c1-11(4-5-27-21(30)10-32-12-2-3-14(23)16(25)6-12)28-22(31)20-9-18(29)13-7-15(24)17(26)8-19(13)33-20/h2-3,6-8,18,20,29H,1,4-5,9-10H2,(H,27,30)(H,28,31)/t18-,20-/m1/s1. The topological polar surface area (TPSA) is 96.9 Å². The Labute approximate surface area is 198 Å². The molecule has 1 heterocycles. The molecule has 176 valence electrons. The van der Waals surface area contributed by atoms with Gasteiger partial charge in [-0.2, -0.15) is 0 Å². The first-order valence-corrected chi connectivity index (χ1v) is 10.6. The van der Waals surface area contributed by atoms with E-state index in [1.54, 1.807) is 0 Å². The van der Waals surface area contributed by atoms with Crippen LogP contribution >= 0.6 is 23.2 Å². The van der Waals surface area contributed by atoms with Gasteiger partial charge in [0.2, 0.25) is 0 Å². The highest BCUT2D eigenvalue weighted by atomic mass is 35.5. The maximum atomic E-state index is 13.7. The van der Waals surface area contributed by atoms with Gasteiger partial charge in [0.05, 0.1) is 16.1 Å². The van der Waals surface area contributed by atoms with Crippen LogP contribution in [0.4, 0.5) is 8.78 Å². The lowest BCUT2D eigenvalue weighted by Gasteiger charge is -2.29. The molecule has 1 aliphatic heterocycles. The summed E-state index contributed by atoms with van der Waals surface area (Å²) in [7, 11) is 0. The van der Waals surface area contributed by atoms with Gasteiger partial charge in [-0.05, 0) is 18.2 Å². The average molecular weight is 501 g/mol. The van der Waals surface area contributed by atoms with Crippen LogP contribution in [0.5, 0.6) is 11.5 Å². The van der Waals surface area contributed by atoms with Gasteiger partial charge < -0.3 is 25.2 Å². The van der Waals surface area contributed by atoms with Gasteiger partial charge in [0.15, 0.2) is 12.7 Å². The third-order valence-electron chi connectivity index (χ3n) is 4.72. The van der Waals surface area contributed by atoms with Crippen LogP contribution in [0.3, 0.4) is 0 Å². The molecule has 3 N–H and O–H groups in total. The number of rotatable bonds is 8.